The van der Waals surface area contributed by atoms with Gasteiger partial charge in [0.15, 0.2) is 0 Å². The molecule has 138 valence electrons. The number of hydrogen-bond donors (Lipinski definition) is 1. The van der Waals surface area contributed by atoms with Gasteiger partial charge in [-0.15, -0.1) is 0 Å². The van der Waals surface area contributed by atoms with E-state index in [4.69, 9.17) is 4.74 Å². The number of benzene rings is 3. The summed E-state index contributed by atoms with van der Waals surface area (Å²) in [5.74, 6) is 0.466. The first kappa shape index (κ1) is 17.5. The third-order valence-electron chi connectivity index (χ3n) is 5.64. The fourth-order valence-corrected chi connectivity index (χ4v) is 4.19. The molecular weight excluding hydrogens is 341 g/mol. The molecule has 1 amide bonds. The van der Waals surface area contributed by atoms with E-state index in [2.05, 4.69) is 5.32 Å². The summed E-state index contributed by atoms with van der Waals surface area (Å²) in [6.45, 7) is 0. The number of hydrogen-bond acceptors (Lipinski definition) is 2. The van der Waals surface area contributed by atoms with E-state index in [0.29, 0.717) is 0 Å². The van der Waals surface area contributed by atoms with Gasteiger partial charge in [0.25, 0.3) is 0 Å². The molecule has 4 rings (SSSR count). The Morgan fingerprint density at radius 2 is 1.63 bits per heavy atom. The van der Waals surface area contributed by atoms with Crippen LogP contribution >= 0.6 is 0 Å². The molecule has 1 saturated carbocycles. The molecule has 3 aromatic rings. The monoisotopic (exact) mass is 363 g/mol. The van der Waals surface area contributed by atoms with Crippen molar-refractivity contribution >= 4 is 22.4 Å². The SMILES string of the molecule is COc1ccc(NC(=O)C2(c3ccc(F)cc3)CCCC2)c2ccccc12. The predicted octanol–water partition coefficient (Wildman–Crippen LogP) is 5.44. The summed E-state index contributed by atoms with van der Waals surface area (Å²) in [5.41, 5.74) is 1.05. The second-order valence-electron chi connectivity index (χ2n) is 7.11. The lowest BCUT2D eigenvalue weighted by atomic mass is 9.78. The minimum Gasteiger partial charge on any atom is -0.496 e. The van der Waals surface area contributed by atoms with E-state index < -0.39 is 5.41 Å². The molecular formula is C23H22FNO2. The van der Waals surface area contributed by atoms with Crippen LogP contribution < -0.4 is 10.1 Å². The minimum absolute atomic E-state index is 0.0260. The Kier molecular flexibility index (Phi) is 4.56. The molecule has 0 unspecified atom stereocenters. The van der Waals surface area contributed by atoms with Gasteiger partial charge in [0.2, 0.25) is 5.91 Å². The number of anilines is 1. The number of carbonyl (C=O) groups excluding carboxylic acids is 1. The Morgan fingerprint density at radius 3 is 2.30 bits per heavy atom. The average molecular weight is 363 g/mol. The summed E-state index contributed by atoms with van der Waals surface area (Å²) in [6.07, 6.45) is 3.54. The molecule has 3 aromatic carbocycles. The lowest BCUT2D eigenvalue weighted by Crippen LogP contribution is -2.38. The van der Waals surface area contributed by atoms with Crippen LogP contribution in [-0.2, 0) is 10.2 Å². The molecule has 1 aliphatic carbocycles. The van der Waals surface area contributed by atoms with Gasteiger partial charge in [0.1, 0.15) is 11.6 Å². The Balaban J connectivity index is 1.72. The molecule has 0 heterocycles. The molecule has 0 radical (unpaired) electrons. The molecule has 0 atom stereocenters. The first-order valence-electron chi connectivity index (χ1n) is 9.27. The van der Waals surface area contributed by atoms with Crippen molar-refractivity contribution in [2.45, 2.75) is 31.1 Å². The van der Waals surface area contributed by atoms with E-state index in [9.17, 15) is 9.18 Å². The summed E-state index contributed by atoms with van der Waals surface area (Å²) in [7, 11) is 1.64. The number of nitrogens with one attached hydrogen (secondary N) is 1. The van der Waals surface area contributed by atoms with Crippen molar-refractivity contribution in [2.24, 2.45) is 0 Å². The van der Waals surface area contributed by atoms with E-state index in [1.165, 1.54) is 12.1 Å². The second kappa shape index (κ2) is 7.03. The zero-order valence-corrected chi connectivity index (χ0v) is 15.3. The number of fused-ring (bicyclic) bond motifs is 1. The number of methoxy groups -OCH3 is 1. The summed E-state index contributed by atoms with van der Waals surface area (Å²) >= 11 is 0. The van der Waals surface area contributed by atoms with Crippen LogP contribution in [0.4, 0.5) is 10.1 Å². The predicted molar refractivity (Wildman–Crippen MR) is 106 cm³/mol. The van der Waals surface area contributed by atoms with Crippen molar-refractivity contribution < 1.29 is 13.9 Å². The molecule has 4 heteroatoms. The van der Waals surface area contributed by atoms with Crippen molar-refractivity contribution in [1.29, 1.82) is 0 Å². The average Bonchev–Trinajstić information content (AvgIpc) is 3.20. The molecule has 1 aliphatic rings. The van der Waals surface area contributed by atoms with Crippen LogP contribution in [0, 0.1) is 5.82 Å². The van der Waals surface area contributed by atoms with E-state index in [1.807, 2.05) is 36.4 Å². The van der Waals surface area contributed by atoms with Gasteiger partial charge in [0.05, 0.1) is 12.5 Å². The van der Waals surface area contributed by atoms with Gasteiger partial charge >= 0.3 is 0 Å². The van der Waals surface area contributed by atoms with Crippen LogP contribution in [-0.4, -0.2) is 13.0 Å². The topological polar surface area (TPSA) is 38.3 Å². The molecule has 1 fully saturated rings. The summed E-state index contributed by atoms with van der Waals surface area (Å²) in [5, 5.41) is 5.04. The Hall–Kier alpha value is -2.88. The zero-order chi connectivity index (χ0) is 18.9. The number of amides is 1. The van der Waals surface area contributed by atoms with Crippen molar-refractivity contribution in [3.63, 3.8) is 0 Å². The maximum Gasteiger partial charge on any atom is 0.235 e. The smallest absolute Gasteiger partial charge is 0.235 e. The molecule has 0 spiro atoms. The van der Waals surface area contributed by atoms with E-state index >= 15 is 0 Å². The minimum atomic E-state index is -0.602. The van der Waals surface area contributed by atoms with Gasteiger partial charge < -0.3 is 10.1 Å². The van der Waals surface area contributed by atoms with Gasteiger partial charge in [-0.3, -0.25) is 4.79 Å². The van der Waals surface area contributed by atoms with Crippen molar-refractivity contribution in [1.82, 2.24) is 0 Å². The van der Waals surface area contributed by atoms with Gasteiger partial charge in [0, 0.05) is 16.5 Å². The number of ether oxygens (including phenoxy) is 1. The fourth-order valence-electron chi connectivity index (χ4n) is 4.19. The van der Waals surface area contributed by atoms with E-state index in [1.54, 1.807) is 19.2 Å². The number of carbonyl (C=O) groups is 1. The second-order valence-corrected chi connectivity index (χ2v) is 7.11. The van der Waals surface area contributed by atoms with Gasteiger partial charge in [-0.1, -0.05) is 49.2 Å². The third kappa shape index (κ3) is 3.05. The molecule has 27 heavy (non-hydrogen) atoms. The third-order valence-corrected chi connectivity index (χ3v) is 5.64. The molecule has 0 aromatic heterocycles. The Bertz CT molecular complexity index is 975. The Labute approximate surface area is 158 Å². The van der Waals surface area contributed by atoms with Crippen molar-refractivity contribution in [3.05, 3.63) is 72.0 Å². The van der Waals surface area contributed by atoms with Crippen molar-refractivity contribution in [3.8, 4) is 5.75 Å². The summed E-state index contributed by atoms with van der Waals surface area (Å²) in [6, 6.07) is 18.0. The largest absolute Gasteiger partial charge is 0.496 e. The van der Waals surface area contributed by atoms with Crippen LogP contribution in [0.5, 0.6) is 5.75 Å². The summed E-state index contributed by atoms with van der Waals surface area (Å²) < 4.78 is 18.8. The standard InChI is InChI=1S/C23H22FNO2/c1-27-21-13-12-20(18-6-2-3-7-19(18)21)25-22(26)23(14-4-5-15-23)16-8-10-17(24)11-9-16/h2-3,6-13H,4-5,14-15H2,1H3,(H,25,26). The maximum atomic E-state index is 13.4. The van der Waals surface area contributed by atoms with Crippen LogP contribution in [0.2, 0.25) is 0 Å². The highest BCUT2D eigenvalue weighted by molar-refractivity contribution is 6.07. The lowest BCUT2D eigenvalue weighted by molar-refractivity contribution is -0.121. The van der Waals surface area contributed by atoms with Crippen LogP contribution in [0.1, 0.15) is 31.2 Å². The molecule has 0 saturated heterocycles. The Morgan fingerprint density at radius 1 is 0.963 bits per heavy atom. The quantitative estimate of drug-likeness (QED) is 0.670. The molecule has 0 bridgehead atoms. The van der Waals surface area contributed by atoms with Crippen LogP contribution in [0.25, 0.3) is 10.8 Å². The fraction of sp³-hybridized carbons (Fsp3) is 0.261. The maximum absolute atomic E-state index is 13.4. The normalized spacial score (nSPS) is 15.6. The molecule has 1 N–H and O–H groups in total. The molecule has 3 nitrogen and oxygen atoms in total. The van der Waals surface area contributed by atoms with E-state index in [0.717, 1.165) is 53.5 Å². The van der Waals surface area contributed by atoms with E-state index in [-0.39, 0.29) is 11.7 Å². The van der Waals surface area contributed by atoms with Gasteiger partial charge in [-0.2, -0.15) is 0 Å². The number of halogens is 1. The first-order chi connectivity index (χ1) is 13.1. The number of rotatable bonds is 4. The lowest BCUT2D eigenvalue weighted by Gasteiger charge is -2.28. The summed E-state index contributed by atoms with van der Waals surface area (Å²) in [4.78, 5) is 13.4. The van der Waals surface area contributed by atoms with Gasteiger partial charge in [-0.25, -0.2) is 4.39 Å². The molecule has 0 aliphatic heterocycles. The first-order valence-corrected chi connectivity index (χ1v) is 9.27. The highest BCUT2D eigenvalue weighted by Crippen LogP contribution is 2.43. The van der Waals surface area contributed by atoms with Gasteiger partial charge in [-0.05, 0) is 42.7 Å². The highest BCUT2D eigenvalue weighted by atomic mass is 19.1. The van der Waals surface area contributed by atoms with Crippen LogP contribution in [0.15, 0.2) is 60.7 Å². The highest BCUT2D eigenvalue weighted by Gasteiger charge is 2.42. The van der Waals surface area contributed by atoms with Crippen LogP contribution in [0.3, 0.4) is 0 Å². The zero-order valence-electron chi connectivity index (χ0n) is 15.3. The van der Waals surface area contributed by atoms with Crippen molar-refractivity contribution in [2.75, 3.05) is 12.4 Å².